The first-order valence-electron chi connectivity index (χ1n) is 6.18. The molecule has 1 aromatic rings. The second-order valence-corrected chi connectivity index (χ2v) is 5.05. The molecule has 1 N–H and O–H groups in total. The number of carbonyl (C=O) groups excluding carboxylic acids is 1. The third-order valence-electron chi connectivity index (χ3n) is 4.24. The summed E-state index contributed by atoms with van der Waals surface area (Å²) in [5.41, 5.74) is 0.904. The van der Waals surface area contributed by atoms with Crippen molar-refractivity contribution in [1.29, 1.82) is 0 Å². The summed E-state index contributed by atoms with van der Waals surface area (Å²) in [4.78, 5) is 13.9. The fraction of sp³-hybridized carbons (Fsp3) is 0.357. The van der Waals surface area contributed by atoms with Crippen LogP contribution in [-0.4, -0.2) is 16.7 Å². The lowest BCUT2D eigenvalue weighted by Crippen LogP contribution is -2.55. The molecule has 4 heteroatoms. The Kier molecular flexibility index (Phi) is 1.77. The van der Waals surface area contributed by atoms with E-state index in [1.54, 1.807) is 11.2 Å². The molecule has 0 aliphatic carbocycles. The average molecular weight is 243 g/mol. The normalized spacial score (nSPS) is 36.1. The Morgan fingerprint density at radius 1 is 1.39 bits per heavy atom. The molecular weight excluding hydrogens is 230 g/mol. The van der Waals surface area contributed by atoms with E-state index in [2.05, 4.69) is 0 Å². The van der Waals surface area contributed by atoms with E-state index in [1.165, 1.54) is 0 Å². The number of anilines is 1. The van der Waals surface area contributed by atoms with Crippen LogP contribution in [0.5, 0.6) is 0 Å². The lowest BCUT2D eigenvalue weighted by molar-refractivity contribution is -0.119. The Hall–Kier alpha value is -1.81. The Balaban J connectivity index is 1.99. The summed E-state index contributed by atoms with van der Waals surface area (Å²) in [5.74, 6) is -0.0955. The number of benzene rings is 1. The van der Waals surface area contributed by atoms with Crippen LogP contribution in [0.15, 0.2) is 36.6 Å². The van der Waals surface area contributed by atoms with Crippen LogP contribution in [0.25, 0.3) is 0 Å². The Bertz CT molecular complexity index is 568. The van der Waals surface area contributed by atoms with E-state index in [-0.39, 0.29) is 11.8 Å². The molecular formula is C14H13NO3. The molecule has 3 heterocycles. The topological polar surface area (TPSA) is 49.8 Å². The third kappa shape index (κ3) is 0.980. The number of amides is 1. The second-order valence-electron chi connectivity index (χ2n) is 5.05. The summed E-state index contributed by atoms with van der Waals surface area (Å²) in [6.07, 6.45) is 3.98. The highest BCUT2D eigenvalue weighted by Gasteiger charge is 2.60. The van der Waals surface area contributed by atoms with Gasteiger partial charge in [-0.25, -0.2) is 0 Å². The van der Waals surface area contributed by atoms with Gasteiger partial charge in [0.1, 0.15) is 0 Å². The van der Waals surface area contributed by atoms with Gasteiger partial charge in [0.25, 0.3) is 0 Å². The smallest absolute Gasteiger partial charge is 0.230 e. The molecule has 0 aromatic heterocycles. The monoisotopic (exact) mass is 243 g/mol. The highest BCUT2D eigenvalue weighted by molar-refractivity contribution is 5.98. The van der Waals surface area contributed by atoms with Crippen LogP contribution < -0.4 is 4.90 Å². The van der Waals surface area contributed by atoms with Gasteiger partial charge in [-0.05, 0) is 12.1 Å². The standard InChI is InChI=1S/C14H13NO3/c16-12-5-7-14-10(6-8-18-14)13(17)9-3-1-2-4-11(9)15(12)14/h1-4,6,8,10,13,17H,5,7H2. The molecule has 1 saturated heterocycles. The van der Waals surface area contributed by atoms with E-state index in [1.807, 2.05) is 30.3 Å². The van der Waals surface area contributed by atoms with Crippen LogP contribution >= 0.6 is 0 Å². The van der Waals surface area contributed by atoms with Gasteiger partial charge in [0.2, 0.25) is 5.91 Å². The lowest BCUT2D eigenvalue weighted by atomic mass is 9.81. The summed E-state index contributed by atoms with van der Waals surface area (Å²) >= 11 is 0. The predicted molar refractivity (Wildman–Crippen MR) is 64.6 cm³/mol. The number of para-hydroxylation sites is 1. The van der Waals surface area contributed by atoms with E-state index in [0.717, 1.165) is 11.3 Å². The summed E-state index contributed by atoms with van der Waals surface area (Å²) < 4.78 is 5.73. The van der Waals surface area contributed by atoms with Crippen molar-refractivity contribution >= 4 is 11.6 Å². The van der Waals surface area contributed by atoms with Crippen molar-refractivity contribution in [3.05, 3.63) is 42.2 Å². The number of aliphatic hydroxyl groups excluding tert-OH is 1. The van der Waals surface area contributed by atoms with Crippen molar-refractivity contribution in [3.63, 3.8) is 0 Å². The van der Waals surface area contributed by atoms with Gasteiger partial charge >= 0.3 is 0 Å². The van der Waals surface area contributed by atoms with Gasteiger partial charge in [-0.3, -0.25) is 9.69 Å². The van der Waals surface area contributed by atoms with Crippen LogP contribution in [0, 0.1) is 5.92 Å². The zero-order valence-electron chi connectivity index (χ0n) is 9.74. The number of hydrogen-bond acceptors (Lipinski definition) is 3. The van der Waals surface area contributed by atoms with Crippen LogP contribution in [0.1, 0.15) is 24.5 Å². The molecule has 4 nitrogen and oxygen atoms in total. The summed E-state index contributed by atoms with van der Waals surface area (Å²) in [5, 5.41) is 10.5. The number of ether oxygens (including phenoxy) is 1. The van der Waals surface area contributed by atoms with Crippen LogP contribution in [0.4, 0.5) is 5.69 Å². The number of fused-ring (bicyclic) bond motifs is 2. The van der Waals surface area contributed by atoms with E-state index in [4.69, 9.17) is 4.74 Å². The van der Waals surface area contributed by atoms with Crippen LogP contribution in [0.3, 0.4) is 0 Å². The molecule has 0 bridgehead atoms. The molecule has 4 rings (SSSR count). The quantitative estimate of drug-likeness (QED) is 0.754. The molecule has 1 fully saturated rings. The summed E-state index contributed by atoms with van der Waals surface area (Å²) in [6, 6.07) is 7.52. The van der Waals surface area contributed by atoms with E-state index < -0.39 is 11.8 Å². The molecule has 3 unspecified atom stereocenters. The number of nitrogens with zero attached hydrogens (tertiary/aromatic N) is 1. The van der Waals surface area contributed by atoms with Gasteiger partial charge in [-0.2, -0.15) is 0 Å². The first-order chi connectivity index (χ1) is 8.74. The molecule has 3 aliphatic rings. The highest BCUT2D eigenvalue weighted by atomic mass is 16.5. The zero-order valence-corrected chi connectivity index (χ0v) is 9.74. The summed E-state index contributed by atoms with van der Waals surface area (Å²) in [7, 11) is 0. The van der Waals surface area contributed by atoms with E-state index >= 15 is 0 Å². The average Bonchev–Trinajstić information content (AvgIpc) is 2.95. The molecule has 18 heavy (non-hydrogen) atoms. The molecule has 92 valence electrons. The minimum atomic E-state index is -0.690. The largest absolute Gasteiger partial charge is 0.475 e. The maximum atomic E-state index is 12.2. The van der Waals surface area contributed by atoms with E-state index in [0.29, 0.717) is 12.8 Å². The van der Waals surface area contributed by atoms with Crippen LogP contribution in [0.2, 0.25) is 0 Å². The van der Waals surface area contributed by atoms with Crippen molar-refractivity contribution in [2.24, 2.45) is 5.92 Å². The minimum absolute atomic E-state index is 0.0723. The predicted octanol–water partition coefficient (Wildman–Crippen LogP) is 1.72. The van der Waals surface area contributed by atoms with Crippen molar-refractivity contribution in [2.45, 2.75) is 24.7 Å². The zero-order chi connectivity index (χ0) is 12.3. The first kappa shape index (κ1) is 10.1. The minimum Gasteiger partial charge on any atom is -0.475 e. The van der Waals surface area contributed by atoms with Gasteiger partial charge in [-0.1, -0.05) is 18.2 Å². The fourth-order valence-corrected chi connectivity index (χ4v) is 3.44. The maximum Gasteiger partial charge on any atom is 0.230 e. The Morgan fingerprint density at radius 3 is 3.11 bits per heavy atom. The Morgan fingerprint density at radius 2 is 2.22 bits per heavy atom. The lowest BCUT2D eigenvalue weighted by Gasteiger charge is -2.45. The molecule has 3 atom stereocenters. The number of carbonyl (C=O) groups is 1. The van der Waals surface area contributed by atoms with Gasteiger partial charge in [0, 0.05) is 18.4 Å². The SMILES string of the molecule is O=C1CCC23OC=CC2C(O)c2ccccc2N13. The van der Waals surface area contributed by atoms with Gasteiger partial charge in [-0.15, -0.1) is 0 Å². The summed E-state index contributed by atoms with van der Waals surface area (Å²) in [6.45, 7) is 0. The molecule has 3 aliphatic heterocycles. The van der Waals surface area contributed by atoms with Crippen molar-refractivity contribution in [2.75, 3.05) is 4.90 Å². The first-order valence-corrected chi connectivity index (χ1v) is 6.18. The molecule has 0 radical (unpaired) electrons. The van der Waals surface area contributed by atoms with Gasteiger partial charge in [0.05, 0.1) is 24.0 Å². The van der Waals surface area contributed by atoms with Gasteiger partial charge < -0.3 is 9.84 Å². The fourth-order valence-electron chi connectivity index (χ4n) is 3.44. The molecule has 1 amide bonds. The number of hydrogen-bond donors (Lipinski definition) is 1. The number of rotatable bonds is 0. The molecule has 0 saturated carbocycles. The van der Waals surface area contributed by atoms with Crippen molar-refractivity contribution < 1.29 is 14.6 Å². The van der Waals surface area contributed by atoms with Crippen molar-refractivity contribution in [1.82, 2.24) is 0 Å². The maximum absolute atomic E-state index is 12.2. The molecule has 1 spiro atoms. The number of aliphatic hydroxyl groups is 1. The van der Waals surface area contributed by atoms with Crippen LogP contribution in [-0.2, 0) is 9.53 Å². The van der Waals surface area contributed by atoms with E-state index in [9.17, 15) is 9.90 Å². The third-order valence-corrected chi connectivity index (χ3v) is 4.24. The second kappa shape index (κ2) is 3.14. The van der Waals surface area contributed by atoms with Gasteiger partial charge in [0.15, 0.2) is 5.72 Å². The highest BCUT2D eigenvalue weighted by Crippen LogP contribution is 2.54. The van der Waals surface area contributed by atoms with Crippen molar-refractivity contribution in [3.8, 4) is 0 Å². The Labute approximate surface area is 104 Å². The molecule has 1 aromatic carbocycles.